The van der Waals surface area contributed by atoms with Crippen molar-refractivity contribution in [3.63, 3.8) is 0 Å². The molecule has 0 aromatic heterocycles. The van der Waals surface area contributed by atoms with E-state index < -0.39 is 0 Å². The van der Waals surface area contributed by atoms with Crippen LogP contribution in [0.2, 0.25) is 0 Å². The van der Waals surface area contributed by atoms with E-state index in [-0.39, 0.29) is 11.3 Å². The molecule has 0 saturated carbocycles. The van der Waals surface area contributed by atoms with Gasteiger partial charge in [0.2, 0.25) is 0 Å². The minimum atomic E-state index is -0.178. The minimum absolute atomic E-state index is 0.178. The highest BCUT2D eigenvalue weighted by Crippen LogP contribution is 2.41. The topological polar surface area (TPSA) is 23.9 Å². The van der Waals surface area contributed by atoms with Crippen molar-refractivity contribution < 1.29 is 0 Å². The molecular formula is C23H27N. The molecule has 1 nitrogen and oxygen atoms in total. The van der Waals surface area contributed by atoms with Crippen LogP contribution in [0.5, 0.6) is 0 Å². The van der Waals surface area contributed by atoms with Crippen LogP contribution in [0.4, 0.5) is 0 Å². The third-order valence-corrected chi connectivity index (χ3v) is 5.36. The summed E-state index contributed by atoms with van der Waals surface area (Å²) in [6, 6.07) is 12.9. The third kappa shape index (κ3) is 2.62. The zero-order valence-electron chi connectivity index (χ0n) is 15.6. The van der Waals surface area contributed by atoms with E-state index >= 15 is 0 Å². The second-order valence-corrected chi connectivity index (χ2v) is 8.01. The Hall–Kier alpha value is -2.15. The fraction of sp³-hybridized carbons (Fsp3) is 0.348. The summed E-state index contributed by atoms with van der Waals surface area (Å²) in [7, 11) is 0. The quantitative estimate of drug-likeness (QED) is 0.601. The number of benzene rings is 2. The SMILES string of the molecule is CC1=CC(c2ccc3ccccc3c2C(=N)C(C)(C)C)C(C)=C1C. The summed E-state index contributed by atoms with van der Waals surface area (Å²) in [5.74, 6) is 0.285. The molecule has 1 heteroatoms. The Bertz CT molecular complexity index is 888. The second-order valence-electron chi connectivity index (χ2n) is 8.01. The van der Waals surface area contributed by atoms with E-state index in [1.807, 2.05) is 0 Å². The molecule has 0 spiro atoms. The lowest BCUT2D eigenvalue weighted by Gasteiger charge is -2.26. The molecule has 1 atom stereocenters. The van der Waals surface area contributed by atoms with Crippen LogP contribution in [0.3, 0.4) is 0 Å². The van der Waals surface area contributed by atoms with Gasteiger partial charge in [-0.3, -0.25) is 0 Å². The second kappa shape index (κ2) is 5.73. The zero-order valence-corrected chi connectivity index (χ0v) is 15.6. The molecule has 3 rings (SSSR count). The number of fused-ring (bicyclic) bond motifs is 1. The number of allylic oxidation sites excluding steroid dienone is 4. The normalized spacial score (nSPS) is 18.2. The van der Waals surface area contributed by atoms with Gasteiger partial charge in [0.1, 0.15) is 0 Å². The van der Waals surface area contributed by atoms with Gasteiger partial charge in [0, 0.05) is 22.6 Å². The average molecular weight is 317 g/mol. The van der Waals surface area contributed by atoms with Crippen molar-refractivity contribution in [3.8, 4) is 0 Å². The first-order chi connectivity index (χ1) is 11.2. The summed E-state index contributed by atoms with van der Waals surface area (Å²) in [6.45, 7) is 13.0. The van der Waals surface area contributed by atoms with Crippen molar-refractivity contribution in [2.75, 3.05) is 0 Å². The molecule has 2 aromatic carbocycles. The Morgan fingerprint density at radius 2 is 1.62 bits per heavy atom. The fourth-order valence-electron chi connectivity index (χ4n) is 3.57. The van der Waals surface area contributed by atoms with Crippen LogP contribution < -0.4 is 0 Å². The van der Waals surface area contributed by atoms with Crippen molar-refractivity contribution in [1.82, 2.24) is 0 Å². The van der Waals surface area contributed by atoms with E-state index in [9.17, 15) is 0 Å². The molecule has 124 valence electrons. The van der Waals surface area contributed by atoms with Crippen molar-refractivity contribution >= 4 is 16.5 Å². The largest absolute Gasteiger partial charge is 0.304 e. The molecule has 2 aromatic rings. The molecule has 24 heavy (non-hydrogen) atoms. The van der Waals surface area contributed by atoms with Gasteiger partial charge in [-0.2, -0.15) is 0 Å². The summed E-state index contributed by atoms with van der Waals surface area (Å²) >= 11 is 0. The molecule has 1 unspecified atom stereocenters. The minimum Gasteiger partial charge on any atom is -0.304 e. The highest BCUT2D eigenvalue weighted by Gasteiger charge is 2.28. The number of nitrogens with one attached hydrogen (secondary N) is 1. The van der Waals surface area contributed by atoms with Gasteiger partial charge in [-0.15, -0.1) is 0 Å². The number of hydrogen-bond donors (Lipinski definition) is 1. The molecule has 0 bridgehead atoms. The first kappa shape index (κ1) is 16.7. The highest BCUT2D eigenvalue weighted by atomic mass is 14.5. The maximum atomic E-state index is 8.90. The lowest BCUT2D eigenvalue weighted by molar-refractivity contribution is 0.588. The molecule has 1 N–H and O–H groups in total. The van der Waals surface area contributed by atoms with Gasteiger partial charge in [-0.25, -0.2) is 0 Å². The van der Waals surface area contributed by atoms with Crippen LogP contribution in [0.1, 0.15) is 58.6 Å². The standard InChI is InChI=1S/C23H27N/c1-14-13-20(16(3)15(14)2)19-12-11-17-9-7-8-10-18(17)21(19)22(24)23(4,5)6/h7-13,20,24H,1-6H3. The van der Waals surface area contributed by atoms with Gasteiger partial charge in [-0.05, 0) is 42.7 Å². The van der Waals surface area contributed by atoms with Gasteiger partial charge in [0.25, 0.3) is 0 Å². The Labute approximate surface area is 145 Å². The summed E-state index contributed by atoms with van der Waals surface area (Å²) in [4.78, 5) is 0. The number of hydrogen-bond acceptors (Lipinski definition) is 1. The molecular weight excluding hydrogens is 290 g/mol. The van der Waals surface area contributed by atoms with Gasteiger partial charge >= 0.3 is 0 Å². The lowest BCUT2D eigenvalue weighted by Crippen LogP contribution is -2.22. The first-order valence-corrected chi connectivity index (χ1v) is 8.69. The summed E-state index contributed by atoms with van der Waals surface area (Å²) in [5, 5.41) is 11.3. The predicted octanol–water partition coefficient (Wildman–Crippen LogP) is 6.63. The molecule has 0 fully saturated rings. The van der Waals surface area contributed by atoms with Crippen LogP contribution in [0.25, 0.3) is 10.8 Å². The van der Waals surface area contributed by atoms with E-state index in [0.717, 1.165) is 11.3 Å². The van der Waals surface area contributed by atoms with Crippen molar-refractivity contribution in [3.05, 3.63) is 70.3 Å². The van der Waals surface area contributed by atoms with E-state index in [1.165, 1.54) is 33.1 Å². The highest BCUT2D eigenvalue weighted by molar-refractivity contribution is 6.13. The van der Waals surface area contributed by atoms with E-state index in [1.54, 1.807) is 0 Å². The van der Waals surface area contributed by atoms with E-state index in [4.69, 9.17) is 5.41 Å². The predicted molar refractivity (Wildman–Crippen MR) is 105 cm³/mol. The van der Waals surface area contributed by atoms with Crippen LogP contribution in [0.15, 0.2) is 59.2 Å². The number of rotatable bonds is 2. The molecule has 0 heterocycles. The van der Waals surface area contributed by atoms with Gasteiger partial charge in [-0.1, -0.05) is 74.4 Å². The average Bonchev–Trinajstić information content (AvgIpc) is 2.79. The zero-order chi connectivity index (χ0) is 17.6. The van der Waals surface area contributed by atoms with Crippen molar-refractivity contribution in [2.24, 2.45) is 5.41 Å². The maximum absolute atomic E-state index is 8.90. The van der Waals surface area contributed by atoms with E-state index in [0.29, 0.717) is 0 Å². The van der Waals surface area contributed by atoms with Crippen LogP contribution in [0, 0.1) is 10.8 Å². The summed E-state index contributed by atoms with van der Waals surface area (Å²) in [6.07, 6.45) is 2.36. The Morgan fingerprint density at radius 3 is 2.21 bits per heavy atom. The van der Waals surface area contributed by atoms with Gasteiger partial charge in [0.15, 0.2) is 0 Å². The molecule has 1 aliphatic carbocycles. The molecule has 1 aliphatic rings. The molecule has 0 aliphatic heterocycles. The van der Waals surface area contributed by atoms with Gasteiger partial charge in [0.05, 0.1) is 0 Å². The van der Waals surface area contributed by atoms with Crippen LogP contribution in [-0.4, -0.2) is 5.71 Å². The lowest BCUT2D eigenvalue weighted by atomic mass is 9.78. The van der Waals surface area contributed by atoms with E-state index in [2.05, 4.69) is 84.0 Å². The molecule has 0 radical (unpaired) electrons. The summed E-state index contributed by atoms with van der Waals surface area (Å²) in [5.41, 5.74) is 7.08. The smallest absolute Gasteiger partial charge is 0.0448 e. The summed E-state index contributed by atoms with van der Waals surface area (Å²) < 4.78 is 0. The first-order valence-electron chi connectivity index (χ1n) is 8.69. The third-order valence-electron chi connectivity index (χ3n) is 5.36. The Balaban J connectivity index is 2.32. The fourth-order valence-corrected chi connectivity index (χ4v) is 3.57. The molecule has 0 saturated heterocycles. The van der Waals surface area contributed by atoms with Crippen LogP contribution in [-0.2, 0) is 0 Å². The Morgan fingerprint density at radius 1 is 0.958 bits per heavy atom. The van der Waals surface area contributed by atoms with Crippen LogP contribution >= 0.6 is 0 Å². The van der Waals surface area contributed by atoms with Gasteiger partial charge < -0.3 is 5.41 Å². The maximum Gasteiger partial charge on any atom is 0.0448 e. The molecule has 0 amide bonds. The van der Waals surface area contributed by atoms with Crippen molar-refractivity contribution in [2.45, 2.75) is 47.5 Å². The van der Waals surface area contributed by atoms with Crippen molar-refractivity contribution in [1.29, 1.82) is 5.41 Å². The monoisotopic (exact) mass is 317 g/mol. The Kier molecular flexibility index (Phi) is 3.99.